The topological polar surface area (TPSA) is 17.1 Å². The fourth-order valence-electron chi connectivity index (χ4n) is 0.276. The lowest BCUT2D eigenvalue weighted by molar-refractivity contribution is -0.105. The summed E-state index contributed by atoms with van der Waals surface area (Å²) in [6.07, 6.45) is 2.11. The van der Waals surface area contributed by atoms with Crippen LogP contribution >= 0.6 is 11.8 Å². The number of hydrogen-bond acceptors (Lipinski definition) is 2. The van der Waals surface area contributed by atoms with Crippen LogP contribution in [0.1, 0.15) is 13.3 Å². The van der Waals surface area contributed by atoms with Crippen molar-refractivity contribution in [2.24, 2.45) is 0 Å². The highest BCUT2D eigenvalue weighted by Crippen LogP contribution is 1.97. The van der Waals surface area contributed by atoms with E-state index >= 15 is 0 Å². The van der Waals surface area contributed by atoms with E-state index in [1.165, 1.54) is 6.42 Å². The summed E-state index contributed by atoms with van der Waals surface area (Å²) >= 11 is 1.69. The van der Waals surface area contributed by atoms with Gasteiger partial charge in [-0.05, 0) is 12.2 Å². The SMILES string of the molecule is CCCSCC=O. The second kappa shape index (κ2) is 6.02. The van der Waals surface area contributed by atoms with Crippen LogP contribution in [0.5, 0.6) is 0 Å². The predicted octanol–water partition coefficient (Wildman–Crippen LogP) is 1.33. The highest BCUT2D eigenvalue weighted by atomic mass is 32.2. The molecule has 0 saturated carbocycles. The Morgan fingerprint density at radius 1 is 1.71 bits per heavy atom. The maximum atomic E-state index is 9.66. The fraction of sp³-hybridized carbons (Fsp3) is 0.800. The van der Waals surface area contributed by atoms with Crippen molar-refractivity contribution in [1.29, 1.82) is 0 Å². The van der Waals surface area contributed by atoms with Gasteiger partial charge in [-0.3, -0.25) is 0 Å². The summed E-state index contributed by atoms with van der Waals surface area (Å²) in [6, 6.07) is 0. The number of rotatable bonds is 4. The molecule has 0 heterocycles. The number of carbonyl (C=O) groups is 1. The molecule has 0 spiro atoms. The van der Waals surface area contributed by atoms with Crippen molar-refractivity contribution in [3.8, 4) is 0 Å². The van der Waals surface area contributed by atoms with Crippen molar-refractivity contribution >= 4 is 18.0 Å². The lowest BCUT2D eigenvalue weighted by Crippen LogP contribution is -1.79. The Hall–Kier alpha value is 0.0200. The first kappa shape index (κ1) is 7.02. The molecule has 7 heavy (non-hydrogen) atoms. The van der Waals surface area contributed by atoms with Gasteiger partial charge in [-0.1, -0.05) is 6.92 Å². The average Bonchev–Trinajstić information content (AvgIpc) is 1.69. The molecule has 2 heteroatoms. The molecular weight excluding hydrogens is 108 g/mol. The van der Waals surface area contributed by atoms with Crippen molar-refractivity contribution < 1.29 is 4.79 Å². The van der Waals surface area contributed by atoms with Crippen molar-refractivity contribution in [2.45, 2.75) is 13.3 Å². The molecule has 0 atom stereocenters. The van der Waals surface area contributed by atoms with Crippen molar-refractivity contribution in [1.82, 2.24) is 0 Å². The lowest BCUT2D eigenvalue weighted by Gasteiger charge is -1.86. The standard InChI is InChI=1S/C5H10OS/c1-2-4-7-5-3-6/h3H,2,4-5H2,1H3. The van der Waals surface area contributed by atoms with Gasteiger partial charge >= 0.3 is 0 Å². The second-order valence-corrected chi connectivity index (χ2v) is 2.39. The van der Waals surface area contributed by atoms with E-state index in [1.54, 1.807) is 11.8 Å². The molecule has 0 rings (SSSR count). The zero-order valence-electron chi connectivity index (χ0n) is 4.52. The third-order valence-corrected chi connectivity index (χ3v) is 1.60. The summed E-state index contributed by atoms with van der Waals surface area (Å²) in [5.41, 5.74) is 0. The summed E-state index contributed by atoms with van der Waals surface area (Å²) < 4.78 is 0. The Morgan fingerprint density at radius 3 is 2.86 bits per heavy atom. The largest absolute Gasteiger partial charge is 0.302 e. The van der Waals surface area contributed by atoms with Gasteiger partial charge in [0.25, 0.3) is 0 Å². The molecule has 0 aromatic rings. The number of aldehydes is 1. The van der Waals surface area contributed by atoms with Gasteiger partial charge in [-0.25, -0.2) is 0 Å². The van der Waals surface area contributed by atoms with E-state index in [0.29, 0.717) is 5.75 Å². The summed E-state index contributed by atoms with van der Waals surface area (Å²) in [4.78, 5) is 9.66. The third kappa shape index (κ3) is 6.02. The van der Waals surface area contributed by atoms with Gasteiger partial charge in [0.1, 0.15) is 6.29 Å². The van der Waals surface area contributed by atoms with Crippen LogP contribution in [0.25, 0.3) is 0 Å². The molecule has 0 aromatic carbocycles. The molecule has 0 N–H and O–H groups in total. The fourth-order valence-corrected chi connectivity index (χ4v) is 0.827. The molecule has 1 nitrogen and oxygen atoms in total. The predicted molar refractivity (Wildman–Crippen MR) is 33.7 cm³/mol. The quantitative estimate of drug-likeness (QED) is 0.409. The molecule has 0 aliphatic carbocycles. The molecule has 0 saturated heterocycles. The third-order valence-electron chi connectivity index (χ3n) is 0.534. The Balaban J connectivity index is 2.56. The number of carbonyl (C=O) groups excluding carboxylic acids is 1. The van der Waals surface area contributed by atoms with Crippen LogP contribution in [0, 0.1) is 0 Å². The molecular formula is C5H10OS. The lowest BCUT2D eigenvalue weighted by atomic mass is 10.6. The Morgan fingerprint density at radius 2 is 2.43 bits per heavy atom. The van der Waals surface area contributed by atoms with Crippen molar-refractivity contribution in [3.05, 3.63) is 0 Å². The van der Waals surface area contributed by atoms with E-state index in [9.17, 15) is 4.79 Å². The Bertz CT molecular complexity index is 45.3. The van der Waals surface area contributed by atoms with E-state index in [2.05, 4.69) is 6.92 Å². The van der Waals surface area contributed by atoms with E-state index in [0.717, 1.165) is 12.0 Å². The molecule has 0 bridgehead atoms. The minimum Gasteiger partial charge on any atom is -0.302 e. The first-order valence-corrected chi connectivity index (χ1v) is 3.58. The monoisotopic (exact) mass is 118 g/mol. The van der Waals surface area contributed by atoms with E-state index in [1.807, 2.05) is 0 Å². The molecule has 0 aliphatic heterocycles. The highest BCUT2D eigenvalue weighted by molar-refractivity contribution is 7.99. The van der Waals surface area contributed by atoms with Gasteiger partial charge in [0.05, 0.1) is 0 Å². The van der Waals surface area contributed by atoms with E-state index in [4.69, 9.17) is 0 Å². The molecule has 0 aromatic heterocycles. The molecule has 0 radical (unpaired) electrons. The van der Waals surface area contributed by atoms with Gasteiger partial charge in [-0.2, -0.15) is 11.8 Å². The first-order valence-electron chi connectivity index (χ1n) is 2.43. The molecule has 0 aliphatic rings. The van der Waals surface area contributed by atoms with Gasteiger partial charge in [0.2, 0.25) is 0 Å². The maximum absolute atomic E-state index is 9.66. The summed E-state index contributed by atoms with van der Waals surface area (Å²) in [6.45, 7) is 2.11. The minimum atomic E-state index is 0.661. The van der Waals surface area contributed by atoms with E-state index < -0.39 is 0 Å². The summed E-state index contributed by atoms with van der Waals surface area (Å²) in [5, 5.41) is 0. The van der Waals surface area contributed by atoms with Crippen LogP contribution in [0.15, 0.2) is 0 Å². The van der Waals surface area contributed by atoms with Crippen LogP contribution < -0.4 is 0 Å². The van der Waals surface area contributed by atoms with Crippen molar-refractivity contribution in [2.75, 3.05) is 11.5 Å². The van der Waals surface area contributed by atoms with Crippen LogP contribution in [0.2, 0.25) is 0 Å². The average molecular weight is 118 g/mol. The zero-order chi connectivity index (χ0) is 5.54. The number of hydrogen-bond donors (Lipinski definition) is 0. The Labute approximate surface area is 48.5 Å². The van der Waals surface area contributed by atoms with E-state index in [-0.39, 0.29) is 0 Å². The zero-order valence-corrected chi connectivity index (χ0v) is 5.33. The van der Waals surface area contributed by atoms with Crippen LogP contribution in [-0.2, 0) is 4.79 Å². The van der Waals surface area contributed by atoms with Crippen LogP contribution in [0.3, 0.4) is 0 Å². The molecule has 0 unspecified atom stereocenters. The summed E-state index contributed by atoms with van der Waals surface area (Å²) in [5.74, 6) is 1.77. The smallest absolute Gasteiger partial charge is 0.129 e. The van der Waals surface area contributed by atoms with Gasteiger partial charge < -0.3 is 4.79 Å². The Kier molecular flexibility index (Phi) is 6.04. The maximum Gasteiger partial charge on any atom is 0.129 e. The van der Waals surface area contributed by atoms with Gasteiger partial charge in [0.15, 0.2) is 0 Å². The minimum absolute atomic E-state index is 0.661. The second-order valence-electron chi connectivity index (χ2n) is 1.24. The normalized spacial score (nSPS) is 8.71. The van der Waals surface area contributed by atoms with Gasteiger partial charge in [-0.15, -0.1) is 0 Å². The number of thioether (sulfide) groups is 1. The molecule has 0 amide bonds. The van der Waals surface area contributed by atoms with Crippen LogP contribution in [0.4, 0.5) is 0 Å². The first-order chi connectivity index (χ1) is 3.41. The van der Waals surface area contributed by atoms with Crippen LogP contribution in [-0.4, -0.2) is 17.8 Å². The molecule has 0 fully saturated rings. The molecule has 42 valence electrons. The van der Waals surface area contributed by atoms with Crippen molar-refractivity contribution in [3.63, 3.8) is 0 Å². The summed E-state index contributed by atoms with van der Waals surface area (Å²) in [7, 11) is 0. The highest BCUT2D eigenvalue weighted by Gasteiger charge is 1.79. The van der Waals surface area contributed by atoms with Gasteiger partial charge in [0, 0.05) is 5.75 Å².